The van der Waals surface area contributed by atoms with E-state index in [0.29, 0.717) is 12.6 Å². The smallest absolute Gasteiger partial charge is 0.119 e. The Kier molecular flexibility index (Phi) is 4.32. The number of hydrogen-bond acceptors (Lipinski definition) is 4. The number of likely N-dealkylation sites (tertiary alicyclic amines) is 1. The molecule has 1 heterocycles. The van der Waals surface area contributed by atoms with E-state index in [9.17, 15) is 0 Å². The van der Waals surface area contributed by atoms with Crippen LogP contribution in [-0.2, 0) is 0 Å². The van der Waals surface area contributed by atoms with Crippen LogP contribution < -0.4 is 15.8 Å². The molecule has 1 fully saturated rings. The average Bonchev–Trinajstić information content (AvgIpc) is 2.44. The molecule has 0 saturated carbocycles. The molecule has 0 amide bonds. The van der Waals surface area contributed by atoms with Crippen LogP contribution in [0.25, 0.3) is 0 Å². The molecule has 1 saturated heterocycles. The zero-order valence-electron chi connectivity index (χ0n) is 12.1. The number of nitrogens with zero attached hydrogens (tertiary/aromatic N) is 1. The van der Waals surface area contributed by atoms with Crippen LogP contribution in [0.3, 0.4) is 0 Å². The van der Waals surface area contributed by atoms with Crippen molar-refractivity contribution in [2.45, 2.75) is 31.3 Å². The second-order valence-electron chi connectivity index (χ2n) is 5.62. The summed E-state index contributed by atoms with van der Waals surface area (Å²) in [6, 6.07) is 8.62. The Morgan fingerprint density at radius 3 is 2.63 bits per heavy atom. The first-order valence-electron chi connectivity index (χ1n) is 6.91. The van der Waals surface area contributed by atoms with Gasteiger partial charge in [0.2, 0.25) is 0 Å². The van der Waals surface area contributed by atoms with Gasteiger partial charge in [-0.05, 0) is 51.1 Å². The van der Waals surface area contributed by atoms with Crippen LogP contribution >= 0.6 is 0 Å². The number of methoxy groups -OCH3 is 1. The predicted octanol–water partition coefficient (Wildman–Crippen LogP) is 1.92. The Morgan fingerprint density at radius 2 is 2.11 bits per heavy atom. The molecule has 2 rings (SSSR count). The number of nitrogens with two attached hydrogens (primary N) is 1. The van der Waals surface area contributed by atoms with E-state index in [1.165, 1.54) is 0 Å². The summed E-state index contributed by atoms with van der Waals surface area (Å²) in [6.45, 7) is 4.01. The summed E-state index contributed by atoms with van der Waals surface area (Å²) in [5.74, 6) is 0.879. The summed E-state index contributed by atoms with van der Waals surface area (Å²) in [7, 11) is 3.86. The van der Waals surface area contributed by atoms with E-state index in [4.69, 9.17) is 10.5 Å². The standard InChI is InChI=1S/C15H25N3O/c1-12-10-15(11-16,8-9-18(12)2)17-13-4-6-14(19-3)7-5-13/h4-7,12,17H,8-11,16H2,1-3H3. The molecule has 1 aromatic carbocycles. The number of piperidine rings is 1. The first-order valence-corrected chi connectivity index (χ1v) is 6.91. The van der Waals surface area contributed by atoms with Crippen molar-refractivity contribution in [3.05, 3.63) is 24.3 Å². The molecule has 2 atom stereocenters. The first-order chi connectivity index (χ1) is 9.08. The molecule has 106 valence electrons. The molecule has 1 aromatic rings. The monoisotopic (exact) mass is 263 g/mol. The van der Waals surface area contributed by atoms with Crippen LogP contribution in [0.2, 0.25) is 0 Å². The molecular formula is C15H25N3O. The summed E-state index contributed by atoms with van der Waals surface area (Å²) in [5, 5.41) is 3.64. The van der Waals surface area contributed by atoms with Gasteiger partial charge in [0.15, 0.2) is 0 Å². The normalized spacial score (nSPS) is 28.1. The van der Waals surface area contributed by atoms with E-state index in [1.807, 2.05) is 12.1 Å². The predicted molar refractivity (Wildman–Crippen MR) is 79.7 cm³/mol. The zero-order valence-corrected chi connectivity index (χ0v) is 12.1. The van der Waals surface area contributed by atoms with Gasteiger partial charge >= 0.3 is 0 Å². The highest BCUT2D eigenvalue weighted by Gasteiger charge is 2.35. The lowest BCUT2D eigenvalue weighted by Gasteiger charge is -2.45. The van der Waals surface area contributed by atoms with Crippen molar-refractivity contribution >= 4 is 5.69 Å². The Bertz CT molecular complexity index is 406. The van der Waals surface area contributed by atoms with E-state index in [0.717, 1.165) is 30.8 Å². The number of anilines is 1. The Morgan fingerprint density at radius 1 is 1.42 bits per heavy atom. The van der Waals surface area contributed by atoms with Crippen molar-refractivity contribution in [2.75, 3.05) is 32.6 Å². The minimum atomic E-state index is 0.0144. The van der Waals surface area contributed by atoms with Gasteiger partial charge in [-0.3, -0.25) is 0 Å². The molecule has 19 heavy (non-hydrogen) atoms. The number of rotatable bonds is 4. The summed E-state index contributed by atoms with van der Waals surface area (Å²) in [4.78, 5) is 2.39. The lowest BCUT2D eigenvalue weighted by Crippen LogP contribution is -2.55. The minimum absolute atomic E-state index is 0.0144. The van der Waals surface area contributed by atoms with Crippen molar-refractivity contribution in [2.24, 2.45) is 5.73 Å². The molecule has 0 spiro atoms. The van der Waals surface area contributed by atoms with Crippen LogP contribution in [0.15, 0.2) is 24.3 Å². The third-order valence-corrected chi connectivity index (χ3v) is 4.27. The second kappa shape index (κ2) is 5.80. The average molecular weight is 263 g/mol. The van der Waals surface area contributed by atoms with Gasteiger partial charge in [0.25, 0.3) is 0 Å². The highest BCUT2D eigenvalue weighted by atomic mass is 16.5. The lowest BCUT2D eigenvalue weighted by molar-refractivity contribution is 0.147. The van der Waals surface area contributed by atoms with Gasteiger partial charge in [-0.15, -0.1) is 0 Å². The maximum atomic E-state index is 6.04. The van der Waals surface area contributed by atoms with Crippen molar-refractivity contribution in [3.8, 4) is 5.75 Å². The fourth-order valence-corrected chi connectivity index (χ4v) is 2.76. The molecule has 4 heteroatoms. The zero-order chi connectivity index (χ0) is 13.9. The van der Waals surface area contributed by atoms with Crippen molar-refractivity contribution in [3.63, 3.8) is 0 Å². The fourth-order valence-electron chi connectivity index (χ4n) is 2.76. The number of benzene rings is 1. The molecule has 3 N–H and O–H groups in total. The van der Waals surface area contributed by atoms with Gasteiger partial charge in [-0.2, -0.15) is 0 Å². The maximum absolute atomic E-state index is 6.04. The van der Waals surface area contributed by atoms with Crippen molar-refractivity contribution in [1.29, 1.82) is 0 Å². The molecule has 4 nitrogen and oxygen atoms in total. The van der Waals surface area contributed by atoms with Gasteiger partial charge < -0.3 is 20.7 Å². The van der Waals surface area contributed by atoms with Crippen LogP contribution in [0.5, 0.6) is 5.75 Å². The molecule has 1 aliphatic heterocycles. The number of nitrogens with one attached hydrogen (secondary N) is 1. The molecule has 0 aliphatic carbocycles. The van der Waals surface area contributed by atoms with E-state index >= 15 is 0 Å². The molecule has 1 aliphatic rings. The molecule has 0 radical (unpaired) electrons. The van der Waals surface area contributed by atoms with Gasteiger partial charge in [0.05, 0.1) is 12.6 Å². The number of hydrogen-bond donors (Lipinski definition) is 2. The highest BCUT2D eigenvalue weighted by Crippen LogP contribution is 2.29. The Hall–Kier alpha value is -1.26. The van der Waals surface area contributed by atoms with Crippen LogP contribution in [0, 0.1) is 0 Å². The Balaban J connectivity index is 2.09. The molecular weight excluding hydrogens is 238 g/mol. The van der Waals surface area contributed by atoms with Gasteiger partial charge in [0, 0.05) is 24.8 Å². The summed E-state index contributed by atoms with van der Waals surface area (Å²) < 4.78 is 5.18. The number of ether oxygens (including phenoxy) is 1. The topological polar surface area (TPSA) is 50.5 Å². The van der Waals surface area contributed by atoms with E-state index in [-0.39, 0.29) is 5.54 Å². The molecule has 2 unspecified atom stereocenters. The third kappa shape index (κ3) is 3.19. The highest BCUT2D eigenvalue weighted by molar-refractivity contribution is 5.48. The molecule has 0 bridgehead atoms. The van der Waals surface area contributed by atoms with Crippen molar-refractivity contribution in [1.82, 2.24) is 4.90 Å². The van der Waals surface area contributed by atoms with E-state index in [1.54, 1.807) is 7.11 Å². The van der Waals surface area contributed by atoms with Gasteiger partial charge in [0.1, 0.15) is 5.75 Å². The minimum Gasteiger partial charge on any atom is -0.497 e. The van der Waals surface area contributed by atoms with Crippen LogP contribution in [0.1, 0.15) is 19.8 Å². The van der Waals surface area contributed by atoms with Gasteiger partial charge in [-0.25, -0.2) is 0 Å². The second-order valence-corrected chi connectivity index (χ2v) is 5.62. The fraction of sp³-hybridized carbons (Fsp3) is 0.600. The lowest BCUT2D eigenvalue weighted by atomic mass is 9.83. The summed E-state index contributed by atoms with van der Waals surface area (Å²) in [5.41, 5.74) is 7.17. The summed E-state index contributed by atoms with van der Waals surface area (Å²) in [6.07, 6.45) is 2.16. The van der Waals surface area contributed by atoms with Crippen LogP contribution in [-0.4, -0.2) is 43.7 Å². The first kappa shape index (κ1) is 14.2. The largest absolute Gasteiger partial charge is 0.497 e. The third-order valence-electron chi connectivity index (χ3n) is 4.27. The quantitative estimate of drug-likeness (QED) is 0.871. The van der Waals surface area contributed by atoms with Gasteiger partial charge in [-0.1, -0.05) is 0 Å². The summed E-state index contributed by atoms with van der Waals surface area (Å²) >= 11 is 0. The SMILES string of the molecule is COc1ccc(NC2(CN)CCN(C)C(C)C2)cc1. The van der Waals surface area contributed by atoms with E-state index < -0.39 is 0 Å². The molecule has 0 aromatic heterocycles. The maximum Gasteiger partial charge on any atom is 0.119 e. The Labute approximate surface area is 115 Å². The van der Waals surface area contributed by atoms with Crippen LogP contribution in [0.4, 0.5) is 5.69 Å². The van der Waals surface area contributed by atoms with Crippen molar-refractivity contribution < 1.29 is 4.74 Å². The van der Waals surface area contributed by atoms with E-state index in [2.05, 4.69) is 36.3 Å².